The Kier molecular flexibility index (Phi) is 25.5. The Morgan fingerprint density at radius 3 is 1.43 bits per heavy atom. The van der Waals surface area contributed by atoms with Crippen LogP contribution in [0.15, 0.2) is 11.1 Å². The van der Waals surface area contributed by atoms with E-state index in [4.69, 9.17) is 0 Å². The minimum atomic E-state index is 1.10. The van der Waals surface area contributed by atoms with Gasteiger partial charge in [-0.2, -0.15) is 0 Å². The van der Waals surface area contributed by atoms with Crippen molar-refractivity contribution >= 4 is 0 Å². The van der Waals surface area contributed by atoms with Gasteiger partial charge in [-0.1, -0.05) is 52.7 Å². The third-order valence-electron chi connectivity index (χ3n) is 1.80. The van der Waals surface area contributed by atoms with Gasteiger partial charge in [0, 0.05) is 6.54 Å². The fraction of sp³-hybridized carbons (Fsp3) is 0.846. The predicted octanol–water partition coefficient (Wildman–Crippen LogP) is 4.39. The molecule has 1 rings (SSSR count). The number of rotatable bonds is 0. The summed E-state index contributed by atoms with van der Waals surface area (Å²) in [5.41, 5.74) is 3.10. The zero-order valence-electron chi connectivity index (χ0n) is 11.6. The van der Waals surface area contributed by atoms with Crippen molar-refractivity contribution in [1.29, 1.82) is 0 Å². The van der Waals surface area contributed by atoms with Gasteiger partial charge in [0.25, 0.3) is 0 Å². The highest BCUT2D eigenvalue weighted by atomic mass is 14.9. The molecule has 0 fully saturated rings. The lowest BCUT2D eigenvalue weighted by molar-refractivity contribution is 0.677. The second-order valence-corrected chi connectivity index (χ2v) is 2.49. The predicted molar refractivity (Wildman–Crippen MR) is 69.9 cm³/mol. The minimum absolute atomic E-state index is 1.10. The number of nitrogens with one attached hydrogen (secondary N) is 1. The fourth-order valence-electron chi connectivity index (χ4n) is 0.916. The van der Waals surface area contributed by atoms with E-state index >= 15 is 0 Å². The Labute approximate surface area is 92.0 Å². The SMILES string of the molecule is CC.CC.CC.CC1=C(C)CNCC1. The van der Waals surface area contributed by atoms with Gasteiger partial charge >= 0.3 is 0 Å². The van der Waals surface area contributed by atoms with Crippen LogP contribution >= 0.6 is 0 Å². The van der Waals surface area contributed by atoms with Crippen LogP contribution in [-0.4, -0.2) is 13.1 Å². The first-order valence-electron chi connectivity index (χ1n) is 6.16. The molecule has 0 saturated carbocycles. The maximum absolute atomic E-state index is 3.31. The third kappa shape index (κ3) is 11.7. The van der Waals surface area contributed by atoms with Crippen LogP contribution in [0, 0.1) is 0 Å². The zero-order valence-corrected chi connectivity index (χ0v) is 11.6. The summed E-state index contributed by atoms with van der Waals surface area (Å²) < 4.78 is 0. The highest BCUT2D eigenvalue weighted by Gasteiger charge is 2.01. The zero-order chi connectivity index (χ0) is 12.0. The van der Waals surface area contributed by atoms with Crippen LogP contribution in [0.2, 0.25) is 0 Å². The van der Waals surface area contributed by atoms with Gasteiger partial charge in [0.15, 0.2) is 0 Å². The summed E-state index contributed by atoms with van der Waals surface area (Å²) in [6, 6.07) is 0. The first-order chi connectivity index (χ1) is 6.80. The molecule has 0 radical (unpaired) electrons. The minimum Gasteiger partial charge on any atom is -0.313 e. The van der Waals surface area contributed by atoms with E-state index in [1.54, 1.807) is 5.57 Å². The monoisotopic (exact) mass is 201 g/mol. The van der Waals surface area contributed by atoms with Crippen LogP contribution in [0.1, 0.15) is 61.8 Å². The first-order valence-corrected chi connectivity index (χ1v) is 6.16. The summed E-state index contributed by atoms with van der Waals surface area (Å²) in [4.78, 5) is 0. The van der Waals surface area contributed by atoms with E-state index in [0.29, 0.717) is 0 Å². The van der Waals surface area contributed by atoms with Crippen LogP contribution < -0.4 is 5.32 Å². The van der Waals surface area contributed by atoms with E-state index in [1.165, 1.54) is 18.5 Å². The second-order valence-electron chi connectivity index (χ2n) is 2.49. The van der Waals surface area contributed by atoms with Gasteiger partial charge in [-0.3, -0.25) is 0 Å². The van der Waals surface area contributed by atoms with E-state index in [2.05, 4.69) is 19.2 Å². The maximum Gasteiger partial charge on any atom is 0.0164 e. The highest BCUT2D eigenvalue weighted by Crippen LogP contribution is 2.09. The molecule has 0 spiro atoms. The van der Waals surface area contributed by atoms with Crippen molar-refractivity contribution in [2.24, 2.45) is 0 Å². The summed E-state index contributed by atoms with van der Waals surface area (Å²) >= 11 is 0. The molecule has 14 heavy (non-hydrogen) atoms. The Morgan fingerprint density at radius 2 is 1.21 bits per heavy atom. The Balaban J connectivity index is -0.000000174. The van der Waals surface area contributed by atoms with Crippen LogP contribution in [0.25, 0.3) is 0 Å². The van der Waals surface area contributed by atoms with Crippen molar-refractivity contribution in [3.63, 3.8) is 0 Å². The van der Waals surface area contributed by atoms with E-state index in [1.807, 2.05) is 41.5 Å². The fourth-order valence-corrected chi connectivity index (χ4v) is 0.916. The van der Waals surface area contributed by atoms with E-state index in [0.717, 1.165) is 6.54 Å². The molecular formula is C13H31N. The van der Waals surface area contributed by atoms with E-state index in [-0.39, 0.29) is 0 Å². The molecule has 0 atom stereocenters. The van der Waals surface area contributed by atoms with Crippen LogP contribution in [0.5, 0.6) is 0 Å². The summed E-state index contributed by atoms with van der Waals surface area (Å²) in [6.45, 7) is 18.7. The molecule has 1 N–H and O–H groups in total. The third-order valence-corrected chi connectivity index (χ3v) is 1.80. The number of hydrogen-bond donors (Lipinski definition) is 1. The van der Waals surface area contributed by atoms with Gasteiger partial charge in [-0.25, -0.2) is 0 Å². The standard InChI is InChI=1S/C7H13N.3C2H6/c1-6-3-4-8-5-7(6)2;3*1-2/h8H,3-5H2,1-2H3;3*1-2H3. The molecule has 0 aromatic rings. The van der Waals surface area contributed by atoms with E-state index in [9.17, 15) is 0 Å². The normalized spacial score (nSPS) is 13.7. The van der Waals surface area contributed by atoms with Gasteiger partial charge in [0.1, 0.15) is 0 Å². The molecule has 1 heteroatoms. The molecule has 1 aliphatic heterocycles. The topological polar surface area (TPSA) is 12.0 Å². The van der Waals surface area contributed by atoms with Crippen molar-refractivity contribution in [2.45, 2.75) is 61.8 Å². The van der Waals surface area contributed by atoms with Gasteiger partial charge in [0.05, 0.1) is 0 Å². The first kappa shape index (κ1) is 19.3. The van der Waals surface area contributed by atoms with Crippen molar-refractivity contribution in [1.82, 2.24) is 5.32 Å². The average molecular weight is 201 g/mol. The summed E-state index contributed by atoms with van der Waals surface area (Å²) in [5.74, 6) is 0. The van der Waals surface area contributed by atoms with Crippen LogP contribution in [-0.2, 0) is 0 Å². The molecule has 0 saturated heterocycles. The Morgan fingerprint density at radius 1 is 0.786 bits per heavy atom. The molecule has 0 amide bonds. The molecule has 0 unspecified atom stereocenters. The summed E-state index contributed by atoms with van der Waals surface area (Å²) in [5, 5.41) is 3.31. The molecule has 1 aliphatic rings. The molecule has 0 aromatic carbocycles. The van der Waals surface area contributed by atoms with E-state index < -0.39 is 0 Å². The largest absolute Gasteiger partial charge is 0.313 e. The smallest absolute Gasteiger partial charge is 0.0164 e. The lowest BCUT2D eigenvalue weighted by Gasteiger charge is -2.14. The molecule has 1 nitrogen and oxygen atoms in total. The molecule has 0 bridgehead atoms. The molecule has 1 heterocycles. The van der Waals surface area contributed by atoms with Gasteiger partial charge in [-0.05, 0) is 26.8 Å². The molecule has 0 aliphatic carbocycles. The van der Waals surface area contributed by atoms with Crippen LogP contribution in [0.4, 0.5) is 0 Å². The van der Waals surface area contributed by atoms with Crippen molar-refractivity contribution in [3.05, 3.63) is 11.1 Å². The van der Waals surface area contributed by atoms with Gasteiger partial charge in [-0.15, -0.1) is 0 Å². The van der Waals surface area contributed by atoms with Gasteiger partial charge < -0.3 is 5.32 Å². The highest BCUT2D eigenvalue weighted by molar-refractivity contribution is 5.13. The molecular weight excluding hydrogens is 170 g/mol. The van der Waals surface area contributed by atoms with Crippen molar-refractivity contribution < 1.29 is 0 Å². The van der Waals surface area contributed by atoms with Gasteiger partial charge in [0.2, 0.25) is 0 Å². The Hall–Kier alpha value is -0.300. The molecule has 0 aromatic heterocycles. The van der Waals surface area contributed by atoms with Crippen LogP contribution in [0.3, 0.4) is 0 Å². The maximum atomic E-state index is 3.31. The second kappa shape index (κ2) is 18.5. The molecule has 88 valence electrons. The van der Waals surface area contributed by atoms with Crippen molar-refractivity contribution in [3.8, 4) is 0 Å². The van der Waals surface area contributed by atoms with Crippen molar-refractivity contribution in [2.75, 3.05) is 13.1 Å². The average Bonchev–Trinajstić information content (AvgIpc) is 2.31. The summed E-state index contributed by atoms with van der Waals surface area (Å²) in [6.07, 6.45) is 1.24. The lowest BCUT2D eigenvalue weighted by atomic mass is 10.1. The quantitative estimate of drug-likeness (QED) is 0.573. The lowest BCUT2D eigenvalue weighted by Crippen LogP contribution is -2.23. The number of hydrogen-bond acceptors (Lipinski definition) is 1. The summed E-state index contributed by atoms with van der Waals surface area (Å²) in [7, 11) is 0. The Bertz CT molecular complexity index is 100.